The molecule has 3 aromatic heterocycles. The maximum absolute atomic E-state index is 14.3. The number of aromatic nitrogens is 4. The van der Waals surface area contributed by atoms with E-state index in [0.717, 1.165) is 42.2 Å². The van der Waals surface area contributed by atoms with Crippen LogP contribution in [-0.4, -0.2) is 50.6 Å². The van der Waals surface area contributed by atoms with Crippen LogP contribution < -0.4 is 21.7 Å². The Balaban J connectivity index is 1.35. The predicted octanol–water partition coefficient (Wildman–Crippen LogP) is 0.973. The van der Waals surface area contributed by atoms with Crippen molar-refractivity contribution in [3.8, 4) is 0 Å². The maximum atomic E-state index is 14.3. The summed E-state index contributed by atoms with van der Waals surface area (Å²) in [5, 5.41) is 12.8. The first kappa shape index (κ1) is 22.7. The van der Waals surface area contributed by atoms with Crippen molar-refractivity contribution in [2.75, 3.05) is 19.6 Å². The topological polar surface area (TPSA) is 136 Å². The van der Waals surface area contributed by atoms with Gasteiger partial charge >= 0.3 is 5.76 Å². The van der Waals surface area contributed by atoms with Crippen molar-refractivity contribution in [3.63, 3.8) is 0 Å². The number of hydrogen-bond acceptors (Lipinski definition) is 7. The molecule has 1 aromatic carbocycles. The summed E-state index contributed by atoms with van der Waals surface area (Å²) in [5.41, 5.74) is 1.46. The quantitative estimate of drug-likeness (QED) is 0.373. The van der Waals surface area contributed by atoms with Crippen molar-refractivity contribution in [1.82, 2.24) is 35.1 Å². The Bertz CT molecular complexity index is 1480. The van der Waals surface area contributed by atoms with Gasteiger partial charge in [0, 0.05) is 26.2 Å². The molecule has 0 bridgehead atoms. The highest BCUT2D eigenvalue weighted by atomic mass is 19.1. The van der Waals surface area contributed by atoms with E-state index in [1.54, 1.807) is 25.2 Å². The molecule has 3 N–H and O–H groups in total. The molecule has 0 atom stereocenters. The van der Waals surface area contributed by atoms with Crippen LogP contribution in [0, 0.1) is 11.7 Å². The third-order valence-electron chi connectivity index (χ3n) is 6.21. The number of rotatable bonds is 6. The number of carbonyl (C=O) groups is 2. The summed E-state index contributed by atoms with van der Waals surface area (Å²) in [6, 6.07) is 6.40. The molecule has 35 heavy (non-hydrogen) atoms. The van der Waals surface area contributed by atoms with E-state index in [1.807, 2.05) is 0 Å². The average molecular weight is 481 g/mol. The Kier molecular flexibility index (Phi) is 6.03. The molecule has 1 fully saturated rings. The van der Waals surface area contributed by atoms with Gasteiger partial charge in [-0.15, -0.1) is 0 Å². The van der Waals surface area contributed by atoms with Gasteiger partial charge in [0.25, 0.3) is 11.8 Å². The van der Waals surface area contributed by atoms with Gasteiger partial charge in [-0.2, -0.15) is 5.10 Å². The molecule has 2 amide bonds. The lowest BCUT2D eigenvalue weighted by Crippen LogP contribution is -2.36. The van der Waals surface area contributed by atoms with Crippen LogP contribution in [0.1, 0.15) is 39.4 Å². The fraction of sp³-hybridized carbons (Fsp3) is 0.348. The van der Waals surface area contributed by atoms with E-state index < -0.39 is 23.4 Å². The molecule has 0 radical (unpaired) electrons. The number of benzene rings is 1. The largest absolute Gasteiger partial charge is 0.419 e. The minimum absolute atomic E-state index is 0.0211. The average Bonchev–Trinajstić information content (AvgIpc) is 3.39. The normalized spacial score (nSPS) is 14.5. The van der Waals surface area contributed by atoms with Crippen LogP contribution in [-0.2, 0) is 13.6 Å². The van der Waals surface area contributed by atoms with E-state index in [2.05, 4.69) is 26.0 Å². The van der Waals surface area contributed by atoms with Crippen molar-refractivity contribution >= 4 is 28.6 Å². The smallest absolute Gasteiger partial charge is 0.408 e. The SMILES string of the molecule is Cn1c(=O)oc2ccc(CNC(=O)c3cc(C(=O)NCC4CCNCC4)n4ncc(F)c4n3)cc21. The lowest BCUT2D eigenvalue weighted by atomic mass is 9.98. The van der Waals surface area contributed by atoms with E-state index in [9.17, 15) is 18.8 Å². The van der Waals surface area contributed by atoms with Gasteiger partial charge in [-0.1, -0.05) is 6.07 Å². The summed E-state index contributed by atoms with van der Waals surface area (Å²) >= 11 is 0. The third kappa shape index (κ3) is 4.52. The molecule has 4 heterocycles. The highest BCUT2D eigenvalue weighted by molar-refractivity contribution is 5.98. The lowest BCUT2D eigenvalue weighted by Gasteiger charge is -2.22. The summed E-state index contributed by atoms with van der Waals surface area (Å²) < 4.78 is 21.9. The Morgan fingerprint density at radius 3 is 2.80 bits per heavy atom. The molecular weight excluding hydrogens is 457 g/mol. The van der Waals surface area contributed by atoms with Crippen LogP contribution in [0.3, 0.4) is 0 Å². The Morgan fingerprint density at radius 1 is 1.20 bits per heavy atom. The van der Waals surface area contributed by atoms with Crippen LogP contribution in [0.25, 0.3) is 16.7 Å². The Labute approximate surface area is 198 Å². The molecule has 0 spiro atoms. The van der Waals surface area contributed by atoms with Crippen LogP contribution in [0.15, 0.2) is 39.7 Å². The molecule has 0 unspecified atom stereocenters. The zero-order valence-electron chi connectivity index (χ0n) is 19.0. The van der Waals surface area contributed by atoms with Gasteiger partial charge in [-0.3, -0.25) is 14.2 Å². The molecule has 0 saturated carbocycles. The van der Waals surface area contributed by atoms with E-state index in [-0.39, 0.29) is 23.6 Å². The first-order valence-corrected chi connectivity index (χ1v) is 11.3. The van der Waals surface area contributed by atoms with Crippen molar-refractivity contribution in [2.24, 2.45) is 13.0 Å². The van der Waals surface area contributed by atoms with Crippen molar-refractivity contribution in [2.45, 2.75) is 19.4 Å². The van der Waals surface area contributed by atoms with Crippen molar-refractivity contribution in [3.05, 3.63) is 63.8 Å². The zero-order chi connectivity index (χ0) is 24.5. The molecule has 0 aliphatic carbocycles. The highest BCUT2D eigenvalue weighted by Gasteiger charge is 2.21. The predicted molar refractivity (Wildman–Crippen MR) is 123 cm³/mol. The van der Waals surface area contributed by atoms with Gasteiger partial charge in [-0.05, 0) is 49.5 Å². The molecule has 1 saturated heterocycles. The number of hydrogen-bond donors (Lipinski definition) is 3. The van der Waals surface area contributed by atoms with Crippen LogP contribution in [0.2, 0.25) is 0 Å². The molecule has 12 heteroatoms. The Hall–Kier alpha value is -4.06. The van der Waals surface area contributed by atoms with E-state index in [1.165, 1.54) is 10.6 Å². The standard InChI is InChI=1S/C23H24FN7O4/c1-30-17-8-14(2-3-19(17)35-23(30)34)11-26-21(32)16-9-18(31-20(29-16)15(24)12-28-31)22(33)27-10-13-4-6-25-7-5-13/h2-3,8-9,12-13,25H,4-7,10-11H2,1H3,(H,26,32)(H,27,33). The number of amides is 2. The molecule has 4 aromatic rings. The van der Waals surface area contributed by atoms with Gasteiger partial charge in [0.15, 0.2) is 17.0 Å². The number of piperidine rings is 1. The van der Waals surface area contributed by atoms with E-state index in [4.69, 9.17) is 4.42 Å². The number of aryl methyl sites for hydroxylation is 1. The molecule has 182 valence electrons. The summed E-state index contributed by atoms with van der Waals surface area (Å²) in [6.07, 6.45) is 2.86. The van der Waals surface area contributed by atoms with Crippen LogP contribution >= 0.6 is 0 Å². The number of fused-ring (bicyclic) bond motifs is 2. The first-order chi connectivity index (χ1) is 16.9. The summed E-state index contributed by atoms with van der Waals surface area (Å²) in [6.45, 7) is 2.41. The minimum atomic E-state index is -0.738. The second kappa shape index (κ2) is 9.29. The van der Waals surface area contributed by atoms with Gasteiger partial charge in [0.1, 0.15) is 11.4 Å². The minimum Gasteiger partial charge on any atom is -0.408 e. The Morgan fingerprint density at radius 2 is 2.00 bits per heavy atom. The van der Waals surface area contributed by atoms with E-state index >= 15 is 0 Å². The fourth-order valence-electron chi connectivity index (χ4n) is 4.18. The molecule has 5 rings (SSSR count). The van der Waals surface area contributed by atoms with Crippen molar-refractivity contribution < 1.29 is 18.4 Å². The number of carbonyl (C=O) groups excluding carboxylic acids is 2. The maximum Gasteiger partial charge on any atom is 0.419 e. The van der Waals surface area contributed by atoms with Gasteiger partial charge < -0.3 is 20.4 Å². The third-order valence-corrected chi connectivity index (χ3v) is 6.21. The molecule has 1 aliphatic rings. The number of nitrogens with one attached hydrogen (secondary N) is 3. The van der Waals surface area contributed by atoms with E-state index in [0.29, 0.717) is 23.6 Å². The monoisotopic (exact) mass is 481 g/mol. The lowest BCUT2D eigenvalue weighted by molar-refractivity contribution is 0.0936. The molecule has 1 aliphatic heterocycles. The molecule has 11 nitrogen and oxygen atoms in total. The van der Waals surface area contributed by atoms with Gasteiger partial charge in [0.05, 0.1) is 11.7 Å². The summed E-state index contributed by atoms with van der Waals surface area (Å²) in [4.78, 5) is 41.5. The van der Waals surface area contributed by atoms with Crippen molar-refractivity contribution in [1.29, 1.82) is 0 Å². The highest BCUT2D eigenvalue weighted by Crippen LogP contribution is 2.16. The summed E-state index contributed by atoms with van der Waals surface area (Å²) in [5.74, 6) is -1.91. The van der Waals surface area contributed by atoms with Crippen LogP contribution in [0.4, 0.5) is 4.39 Å². The number of nitrogens with zero attached hydrogens (tertiary/aromatic N) is 4. The second-order valence-electron chi connectivity index (χ2n) is 8.57. The number of halogens is 1. The van der Waals surface area contributed by atoms with Gasteiger partial charge in [0.2, 0.25) is 0 Å². The van der Waals surface area contributed by atoms with Gasteiger partial charge in [-0.25, -0.2) is 18.7 Å². The first-order valence-electron chi connectivity index (χ1n) is 11.3. The second-order valence-corrected chi connectivity index (χ2v) is 8.57. The molecular formula is C23H24FN7O4. The number of oxazole rings is 1. The zero-order valence-corrected chi connectivity index (χ0v) is 19.0. The van der Waals surface area contributed by atoms with Crippen LogP contribution in [0.5, 0.6) is 0 Å². The summed E-state index contributed by atoms with van der Waals surface area (Å²) in [7, 11) is 1.59. The fourth-order valence-corrected chi connectivity index (χ4v) is 4.18.